The number of aromatic nitrogens is 3. The van der Waals surface area contributed by atoms with Gasteiger partial charge in [-0.05, 0) is 45.2 Å². The number of aryl methyl sites for hydroxylation is 2. The molecule has 1 aromatic heterocycles. The monoisotopic (exact) mass is 528 g/mol. The van der Waals surface area contributed by atoms with Crippen LogP contribution in [0, 0.1) is 13.8 Å². The second-order valence-corrected chi connectivity index (χ2v) is 7.33. The topological polar surface area (TPSA) is 85.6 Å². The highest BCUT2D eigenvalue weighted by atomic mass is 127. The Kier molecular flexibility index (Phi) is 9.83. The van der Waals surface area contributed by atoms with Crippen LogP contribution in [0.25, 0.3) is 0 Å². The van der Waals surface area contributed by atoms with Crippen molar-refractivity contribution < 1.29 is 9.47 Å². The van der Waals surface area contributed by atoms with Gasteiger partial charge in [0.2, 0.25) is 0 Å². The molecular formula is C21H33IN6O2. The second kappa shape index (κ2) is 12.1. The number of benzene rings is 1. The zero-order valence-corrected chi connectivity index (χ0v) is 20.6. The van der Waals surface area contributed by atoms with Crippen molar-refractivity contribution in [2.24, 2.45) is 12.0 Å². The first-order valence-corrected chi connectivity index (χ1v) is 10.3. The number of guanidine groups is 1. The van der Waals surface area contributed by atoms with Crippen LogP contribution in [0.4, 0.5) is 0 Å². The second-order valence-electron chi connectivity index (χ2n) is 7.33. The van der Waals surface area contributed by atoms with E-state index >= 15 is 0 Å². The first-order chi connectivity index (χ1) is 14.1. The summed E-state index contributed by atoms with van der Waals surface area (Å²) in [7, 11) is 1.96. The smallest absolute Gasteiger partial charge is 0.191 e. The van der Waals surface area contributed by atoms with Gasteiger partial charge in [-0.1, -0.05) is 12.1 Å². The number of halogens is 1. The summed E-state index contributed by atoms with van der Waals surface area (Å²) in [5.74, 6) is 3.36. The zero-order chi connectivity index (χ0) is 20.6. The third-order valence-corrected chi connectivity index (χ3v) is 5.02. The molecule has 9 heteroatoms. The van der Waals surface area contributed by atoms with Crippen molar-refractivity contribution in [1.29, 1.82) is 0 Å². The average Bonchev–Trinajstić information content (AvgIpc) is 3.34. The zero-order valence-electron chi connectivity index (χ0n) is 18.3. The van der Waals surface area contributed by atoms with E-state index in [2.05, 4.69) is 46.0 Å². The summed E-state index contributed by atoms with van der Waals surface area (Å²) in [5.41, 5.74) is 2.23. The van der Waals surface area contributed by atoms with Crippen LogP contribution in [-0.2, 0) is 24.9 Å². The van der Waals surface area contributed by atoms with E-state index in [1.807, 2.05) is 25.5 Å². The average molecular weight is 528 g/mol. The quantitative estimate of drug-likeness (QED) is 0.312. The highest BCUT2D eigenvalue weighted by molar-refractivity contribution is 14.0. The molecule has 3 rings (SSSR count). The molecule has 1 aliphatic heterocycles. The van der Waals surface area contributed by atoms with Crippen LogP contribution in [0.1, 0.15) is 42.5 Å². The molecule has 30 heavy (non-hydrogen) atoms. The van der Waals surface area contributed by atoms with Gasteiger partial charge in [-0.25, -0.2) is 4.99 Å². The molecule has 1 fully saturated rings. The van der Waals surface area contributed by atoms with E-state index in [9.17, 15) is 0 Å². The summed E-state index contributed by atoms with van der Waals surface area (Å²) >= 11 is 0. The van der Waals surface area contributed by atoms with Gasteiger partial charge in [-0.3, -0.25) is 0 Å². The molecule has 1 saturated heterocycles. The Hall–Kier alpha value is -1.88. The molecule has 166 valence electrons. The van der Waals surface area contributed by atoms with Gasteiger partial charge in [0.15, 0.2) is 11.8 Å². The predicted octanol–water partition coefficient (Wildman–Crippen LogP) is 2.86. The fourth-order valence-electron chi connectivity index (χ4n) is 3.16. The summed E-state index contributed by atoms with van der Waals surface area (Å²) in [6, 6.07) is 6.24. The van der Waals surface area contributed by atoms with Gasteiger partial charge in [0, 0.05) is 25.8 Å². The number of hydrogen-bond acceptors (Lipinski definition) is 5. The maximum absolute atomic E-state index is 6.09. The summed E-state index contributed by atoms with van der Waals surface area (Å²) in [5, 5.41) is 14.9. The predicted molar refractivity (Wildman–Crippen MR) is 128 cm³/mol. The molecular weight excluding hydrogens is 495 g/mol. The highest BCUT2D eigenvalue weighted by Gasteiger charge is 2.17. The van der Waals surface area contributed by atoms with Gasteiger partial charge in [0.05, 0.1) is 19.2 Å². The molecule has 0 bridgehead atoms. The Morgan fingerprint density at radius 3 is 2.80 bits per heavy atom. The van der Waals surface area contributed by atoms with Gasteiger partial charge in [0.25, 0.3) is 0 Å². The number of nitrogens with one attached hydrogen (secondary N) is 2. The maximum Gasteiger partial charge on any atom is 0.191 e. The van der Waals surface area contributed by atoms with E-state index in [-0.39, 0.29) is 30.1 Å². The van der Waals surface area contributed by atoms with Crippen LogP contribution >= 0.6 is 24.0 Å². The number of ether oxygens (including phenoxy) is 2. The van der Waals surface area contributed by atoms with E-state index in [0.29, 0.717) is 19.7 Å². The van der Waals surface area contributed by atoms with Crippen LogP contribution < -0.4 is 15.4 Å². The third-order valence-electron chi connectivity index (χ3n) is 5.02. The summed E-state index contributed by atoms with van der Waals surface area (Å²) < 4.78 is 13.7. The number of rotatable bonds is 8. The summed E-state index contributed by atoms with van der Waals surface area (Å²) in [6.45, 7) is 9.33. The molecule has 0 radical (unpaired) electrons. The molecule has 0 saturated carbocycles. The number of hydrogen-bond donors (Lipinski definition) is 2. The van der Waals surface area contributed by atoms with Crippen molar-refractivity contribution in [2.45, 2.75) is 52.8 Å². The lowest BCUT2D eigenvalue weighted by Gasteiger charge is -2.15. The minimum absolute atomic E-state index is 0. The number of aliphatic imine (C=N–C) groups is 1. The molecule has 0 spiro atoms. The van der Waals surface area contributed by atoms with Crippen LogP contribution in [-0.4, -0.2) is 46.6 Å². The van der Waals surface area contributed by atoms with Crippen molar-refractivity contribution in [2.75, 3.05) is 19.8 Å². The minimum atomic E-state index is 0. The SMILES string of the molecule is CCNC(=NCc1ccc(C)cc1OCC1CCCO1)NCc1nnc(C)n1C.I. The Balaban J connectivity index is 0.00000320. The van der Waals surface area contributed by atoms with E-state index < -0.39 is 0 Å². The molecule has 2 aromatic rings. The van der Waals surface area contributed by atoms with Crippen molar-refractivity contribution in [3.63, 3.8) is 0 Å². The Morgan fingerprint density at radius 1 is 1.30 bits per heavy atom. The maximum atomic E-state index is 6.09. The van der Waals surface area contributed by atoms with Crippen molar-refractivity contribution in [3.8, 4) is 5.75 Å². The first kappa shape index (κ1) is 24.4. The van der Waals surface area contributed by atoms with Crippen LogP contribution in [0.3, 0.4) is 0 Å². The molecule has 0 amide bonds. The summed E-state index contributed by atoms with van der Waals surface area (Å²) in [4.78, 5) is 4.73. The highest BCUT2D eigenvalue weighted by Crippen LogP contribution is 2.23. The van der Waals surface area contributed by atoms with E-state index in [1.165, 1.54) is 5.56 Å². The van der Waals surface area contributed by atoms with Crippen molar-refractivity contribution in [3.05, 3.63) is 41.0 Å². The van der Waals surface area contributed by atoms with Crippen LogP contribution in [0.2, 0.25) is 0 Å². The number of nitrogens with zero attached hydrogens (tertiary/aromatic N) is 4. The molecule has 8 nitrogen and oxygen atoms in total. The van der Waals surface area contributed by atoms with Gasteiger partial charge in [0.1, 0.15) is 18.2 Å². The van der Waals surface area contributed by atoms with Gasteiger partial charge in [-0.15, -0.1) is 34.2 Å². The van der Waals surface area contributed by atoms with E-state index in [4.69, 9.17) is 14.5 Å². The Morgan fingerprint density at radius 2 is 2.13 bits per heavy atom. The normalized spacial score (nSPS) is 16.3. The Labute approximate surface area is 195 Å². The lowest BCUT2D eigenvalue weighted by Crippen LogP contribution is -2.37. The van der Waals surface area contributed by atoms with E-state index in [0.717, 1.165) is 54.9 Å². The fraction of sp³-hybridized carbons (Fsp3) is 0.571. The van der Waals surface area contributed by atoms with Crippen LogP contribution in [0.5, 0.6) is 5.75 Å². The molecule has 0 aliphatic carbocycles. The molecule has 2 heterocycles. The Bertz CT molecular complexity index is 833. The first-order valence-electron chi connectivity index (χ1n) is 10.3. The van der Waals surface area contributed by atoms with Crippen molar-refractivity contribution >= 4 is 29.9 Å². The molecule has 2 N–H and O–H groups in total. The standard InChI is InChI=1S/C21H32N6O2.HI/c1-5-22-21(24-13-20-26-25-16(3)27(20)4)23-12-17-9-8-15(2)11-19(17)29-14-18-7-6-10-28-18;/h8-9,11,18H,5-7,10,12-14H2,1-4H3,(H2,22,23,24);1H. The van der Waals surface area contributed by atoms with Crippen molar-refractivity contribution in [1.82, 2.24) is 25.4 Å². The lowest BCUT2D eigenvalue weighted by atomic mass is 10.1. The lowest BCUT2D eigenvalue weighted by molar-refractivity contribution is 0.0676. The minimum Gasteiger partial charge on any atom is -0.491 e. The third kappa shape index (κ3) is 6.83. The van der Waals surface area contributed by atoms with Gasteiger partial charge >= 0.3 is 0 Å². The molecule has 1 atom stereocenters. The largest absolute Gasteiger partial charge is 0.491 e. The summed E-state index contributed by atoms with van der Waals surface area (Å²) in [6.07, 6.45) is 2.37. The van der Waals surface area contributed by atoms with E-state index in [1.54, 1.807) is 0 Å². The molecule has 1 aromatic carbocycles. The van der Waals surface area contributed by atoms with Crippen LogP contribution in [0.15, 0.2) is 23.2 Å². The fourth-order valence-corrected chi connectivity index (χ4v) is 3.16. The molecule has 1 aliphatic rings. The van der Waals surface area contributed by atoms with Gasteiger partial charge in [-0.2, -0.15) is 0 Å². The van der Waals surface area contributed by atoms with Gasteiger partial charge < -0.3 is 24.7 Å². The molecule has 1 unspecified atom stereocenters.